The van der Waals surface area contributed by atoms with E-state index in [-0.39, 0.29) is 23.3 Å². The van der Waals surface area contributed by atoms with Crippen molar-refractivity contribution < 1.29 is 9.59 Å². The summed E-state index contributed by atoms with van der Waals surface area (Å²) in [5.74, 6) is 0.0615. The third kappa shape index (κ3) is 4.61. The first-order chi connectivity index (χ1) is 13.3. The predicted octanol–water partition coefficient (Wildman–Crippen LogP) is 4.89. The van der Waals surface area contributed by atoms with Gasteiger partial charge in [0.25, 0.3) is 5.91 Å². The summed E-state index contributed by atoms with van der Waals surface area (Å²) < 4.78 is 0. The second-order valence-electron chi connectivity index (χ2n) is 8.69. The number of fused-ring (bicyclic) bond motifs is 1. The van der Waals surface area contributed by atoms with Crippen LogP contribution < -0.4 is 10.2 Å². The van der Waals surface area contributed by atoms with E-state index >= 15 is 0 Å². The molecule has 148 valence electrons. The molecule has 0 spiro atoms. The Balaban J connectivity index is 1.80. The van der Waals surface area contributed by atoms with E-state index in [1.165, 1.54) is 0 Å². The van der Waals surface area contributed by atoms with Gasteiger partial charge in [-0.15, -0.1) is 0 Å². The number of nitrogens with zero attached hydrogens (tertiary/aromatic N) is 1. The van der Waals surface area contributed by atoms with E-state index in [0.717, 1.165) is 29.7 Å². The van der Waals surface area contributed by atoms with Gasteiger partial charge in [0.05, 0.1) is 6.04 Å². The molecule has 2 amide bonds. The van der Waals surface area contributed by atoms with E-state index < -0.39 is 0 Å². The molecule has 0 radical (unpaired) electrons. The number of rotatable bonds is 5. The number of hydrogen-bond donors (Lipinski definition) is 1. The molecule has 1 N–H and O–H groups in total. The lowest BCUT2D eigenvalue weighted by Crippen LogP contribution is -2.31. The molecule has 1 atom stereocenters. The van der Waals surface area contributed by atoms with Crippen LogP contribution in [0.25, 0.3) is 0 Å². The fourth-order valence-corrected chi connectivity index (χ4v) is 3.78. The van der Waals surface area contributed by atoms with Gasteiger partial charge in [-0.3, -0.25) is 9.59 Å². The number of hydrogen-bond acceptors (Lipinski definition) is 2. The van der Waals surface area contributed by atoms with Crippen molar-refractivity contribution in [3.8, 4) is 0 Å². The first kappa shape index (κ1) is 20.1. The topological polar surface area (TPSA) is 49.4 Å². The van der Waals surface area contributed by atoms with Gasteiger partial charge < -0.3 is 10.2 Å². The van der Waals surface area contributed by atoms with Crippen LogP contribution in [0.2, 0.25) is 0 Å². The molecular weight excluding hydrogens is 348 g/mol. The zero-order valence-electron chi connectivity index (χ0n) is 17.3. The lowest BCUT2D eigenvalue weighted by Gasteiger charge is -2.27. The molecule has 0 fully saturated rings. The maximum absolute atomic E-state index is 13.0. The van der Waals surface area contributed by atoms with Gasteiger partial charge in [-0.2, -0.15) is 0 Å². The van der Waals surface area contributed by atoms with E-state index in [1.54, 1.807) is 0 Å². The second-order valence-corrected chi connectivity index (χ2v) is 8.69. The molecule has 1 aliphatic heterocycles. The number of amides is 2. The Morgan fingerprint density at radius 1 is 1.11 bits per heavy atom. The third-order valence-corrected chi connectivity index (χ3v) is 5.16. The van der Waals surface area contributed by atoms with Gasteiger partial charge in [0.2, 0.25) is 5.91 Å². The molecular formula is C24H30N2O2. The van der Waals surface area contributed by atoms with E-state index in [9.17, 15) is 9.59 Å². The number of carbonyl (C=O) groups excluding carboxylic acids is 2. The van der Waals surface area contributed by atoms with Crippen molar-refractivity contribution in [2.45, 2.75) is 53.0 Å². The molecule has 4 heteroatoms. The first-order valence-electron chi connectivity index (χ1n) is 10.1. The normalized spacial score (nSPS) is 14.5. The van der Waals surface area contributed by atoms with E-state index in [0.29, 0.717) is 18.5 Å². The van der Waals surface area contributed by atoms with Crippen molar-refractivity contribution in [1.82, 2.24) is 5.32 Å². The SMILES string of the molecule is CCC(=O)N1CCc2cc(C(=O)NC(CC(C)(C)C)c3ccccc3)ccc21. The van der Waals surface area contributed by atoms with Crippen LogP contribution in [0.3, 0.4) is 0 Å². The van der Waals surface area contributed by atoms with Crippen LogP contribution in [0.15, 0.2) is 48.5 Å². The second kappa shape index (κ2) is 8.17. The van der Waals surface area contributed by atoms with Gasteiger partial charge in [0.1, 0.15) is 0 Å². The van der Waals surface area contributed by atoms with E-state index in [4.69, 9.17) is 0 Å². The smallest absolute Gasteiger partial charge is 0.251 e. The van der Waals surface area contributed by atoms with Gasteiger partial charge in [-0.1, -0.05) is 58.0 Å². The summed E-state index contributed by atoms with van der Waals surface area (Å²) >= 11 is 0. The summed E-state index contributed by atoms with van der Waals surface area (Å²) in [6.07, 6.45) is 2.14. The van der Waals surface area contributed by atoms with Crippen molar-refractivity contribution in [1.29, 1.82) is 0 Å². The Kier molecular flexibility index (Phi) is 5.87. The summed E-state index contributed by atoms with van der Waals surface area (Å²) in [6.45, 7) is 9.13. The molecule has 1 heterocycles. The molecule has 3 rings (SSSR count). The van der Waals surface area contributed by atoms with Crippen LogP contribution >= 0.6 is 0 Å². The zero-order valence-corrected chi connectivity index (χ0v) is 17.3. The first-order valence-corrected chi connectivity index (χ1v) is 10.1. The highest BCUT2D eigenvalue weighted by Gasteiger charge is 2.26. The Morgan fingerprint density at radius 2 is 1.82 bits per heavy atom. The minimum absolute atomic E-state index is 0.0416. The molecule has 1 unspecified atom stereocenters. The molecule has 2 aromatic rings. The molecule has 0 bridgehead atoms. The van der Waals surface area contributed by atoms with Crippen LogP contribution in [-0.4, -0.2) is 18.4 Å². The lowest BCUT2D eigenvalue weighted by molar-refractivity contribution is -0.118. The van der Waals surface area contributed by atoms with Crippen LogP contribution in [0.5, 0.6) is 0 Å². The van der Waals surface area contributed by atoms with Crippen LogP contribution in [0.4, 0.5) is 5.69 Å². The highest BCUT2D eigenvalue weighted by molar-refractivity contribution is 5.98. The highest BCUT2D eigenvalue weighted by atomic mass is 16.2. The minimum Gasteiger partial charge on any atom is -0.345 e. The molecule has 0 saturated carbocycles. The Hall–Kier alpha value is -2.62. The average Bonchev–Trinajstić information content (AvgIpc) is 3.09. The van der Waals surface area contributed by atoms with Crippen LogP contribution in [0, 0.1) is 5.41 Å². The fraction of sp³-hybridized carbons (Fsp3) is 0.417. The largest absolute Gasteiger partial charge is 0.345 e. The van der Waals surface area contributed by atoms with Crippen molar-refractivity contribution in [3.05, 3.63) is 65.2 Å². The Morgan fingerprint density at radius 3 is 2.46 bits per heavy atom. The molecule has 0 aromatic heterocycles. The number of anilines is 1. The van der Waals surface area contributed by atoms with Gasteiger partial charge in [0.15, 0.2) is 0 Å². The predicted molar refractivity (Wildman–Crippen MR) is 114 cm³/mol. The fourth-order valence-electron chi connectivity index (χ4n) is 3.78. The summed E-state index contributed by atoms with van der Waals surface area (Å²) in [5, 5.41) is 3.22. The number of benzene rings is 2. The monoisotopic (exact) mass is 378 g/mol. The minimum atomic E-state index is -0.0684. The summed E-state index contributed by atoms with van der Waals surface area (Å²) in [6, 6.07) is 15.8. The van der Waals surface area contributed by atoms with E-state index in [1.807, 2.05) is 48.2 Å². The highest BCUT2D eigenvalue weighted by Crippen LogP contribution is 2.31. The van der Waals surface area contributed by atoms with Crippen LogP contribution in [-0.2, 0) is 11.2 Å². The zero-order chi connectivity index (χ0) is 20.3. The van der Waals surface area contributed by atoms with Crippen LogP contribution in [0.1, 0.15) is 68.1 Å². The van der Waals surface area contributed by atoms with Crippen molar-refractivity contribution >= 4 is 17.5 Å². The number of carbonyl (C=O) groups is 2. The van der Waals surface area contributed by atoms with Gasteiger partial charge in [-0.25, -0.2) is 0 Å². The van der Waals surface area contributed by atoms with Gasteiger partial charge in [-0.05, 0) is 47.6 Å². The Labute approximate surface area is 167 Å². The standard InChI is InChI=1S/C24H30N2O2/c1-5-22(27)26-14-13-18-15-19(11-12-21(18)26)23(28)25-20(16-24(2,3)4)17-9-7-6-8-10-17/h6-12,15,20H,5,13-14,16H2,1-4H3,(H,25,28). The third-order valence-electron chi connectivity index (χ3n) is 5.16. The van der Waals surface area contributed by atoms with E-state index in [2.05, 4.69) is 38.2 Å². The number of nitrogens with one attached hydrogen (secondary N) is 1. The Bertz CT molecular complexity index is 853. The molecule has 2 aromatic carbocycles. The maximum Gasteiger partial charge on any atom is 0.251 e. The van der Waals surface area contributed by atoms with Crippen molar-refractivity contribution in [3.63, 3.8) is 0 Å². The molecule has 0 aliphatic carbocycles. The van der Waals surface area contributed by atoms with Crippen molar-refractivity contribution in [2.75, 3.05) is 11.4 Å². The average molecular weight is 379 g/mol. The van der Waals surface area contributed by atoms with Gasteiger partial charge in [0, 0.05) is 24.2 Å². The summed E-state index contributed by atoms with van der Waals surface area (Å²) in [4.78, 5) is 26.9. The molecule has 28 heavy (non-hydrogen) atoms. The lowest BCUT2D eigenvalue weighted by atomic mass is 9.85. The molecule has 1 aliphatic rings. The maximum atomic E-state index is 13.0. The summed E-state index contributed by atoms with van der Waals surface area (Å²) in [7, 11) is 0. The molecule has 0 saturated heterocycles. The molecule has 4 nitrogen and oxygen atoms in total. The summed E-state index contributed by atoms with van der Waals surface area (Å²) in [5.41, 5.74) is 3.87. The van der Waals surface area contributed by atoms with Crippen molar-refractivity contribution in [2.24, 2.45) is 5.41 Å². The van der Waals surface area contributed by atoms with Gasteiger partial charge >= 0.3 is 0 Å². The quantitative estimate of drug-likeness (QED) is 0.805.